The van der Waals surface area contributed by atoms with E-state index < -0.39 is 0 Å². The van der Waals surface area contributed by atoms with E-state index in [9.17, 15) is 0 Å². The number of aliphatic hydroxyl groups is 1. The fraction of sp³-hybridized carbons (Fsp3) is 0.250. The molecule has 0 aliphatic heterocycles. The van der Waals surface area contributed by atoms with Gasteiger partial charge in [0.1, 0.15) is 23.9 Å². The van der Waals surface area contributed by atoms with Crippen LogP contribution in [0.5, 0.6) is 17.2 Å². The summed E-state index contributed by atoms with van der Waals surface area (Å²) in [6.45, 7) is 0.265. The van der Waals surface area contributed by atoms with Crippen LogP contribution in [0.15, 0.2) is 36.4 Å². The topological polar surface area (TPSA) is 47.9 Å². The first-order valence-corrected chi connectivity index (χ1v) is 6.83. The Hall–Kier alpha value is -1.91. The van der Waals surface area contributed by atoms with Gasteiger partial charge < -0.3 is 19.3 Å². The van der Waals surface area contributed by atoms with Gasteiger partial charge in [0.2, 0.25) is 0 Å². The van der Waals surface area contributed by atoms with Gasteiger partial charge in [-0.15, -0.1) is 0 Å². The van der Waals surface area contributed by atoms with Crippen LogP contribution in [0, 0.1) is 0 Å². The summed E-state index contributed by atoms with van der Waals surface area (Å²) in [5, 5.41) is 9.26. The normalized spacial score (nSPS) is 10.3. The molecule has 0 bridgehead atoms. The number of ether oxygens (including phenoxy) is 3. The van der Waals surface area contributed by atoms with Crippen molar-refractivity contribution in [3.05, 3.63) is 41.4 Å². The van der Waals surface area contributed by atoms with Gasteiger partial charge >= 0.3 is 0 Å². The number of halogens is 1. The summed E-state index contributed by atoms with van der Waals surface area (Å²) in [4.78, 5) is 0. The summed E-state index contributed by atoms with van der Waals surface area (Å²) in [6, 6.07) is 11.1. The Balaban J connectivity index is 2.34. The standard InChI is InChI=1S/C16H17ClO4/c1-19-15-10-16(20-2)14(17)9-13(15)11-3-5-12(6-4-11)21-8-7-18/h3-6,9-10,18H,7-8H2,1-2H3. The Labute approximate surface area is 128 Å². The first kappa shape index (κ1) is 15.5. The summed E-state index contributed by atoms with van der Waals surface area (Å²) in [6.07, 6.45) is 0. The lowest BCUT2D eigenvalue weighted by Crippen LogP contribution is -2.01. The van der Waals surface area contributed by atoms with Gasteiger partial charge in [-0.1, -0.05) is 23.7 Å². The Kier molecular flexibility index (Phi) is 5.31. The fourth-order valence-electron chi connectivity index (χ4n) is 1.98. The van der Waals surface area contributed by atoms with Crippen LogP contribution >= 0.6 is 11.6 Å². The molecular weight excluding hydrogens is 292 g/mol. The van der Waals surface area contributed by atoms with E-state index in [1.807, 2.05) is 30.3 Å². The summed E-state index contributed by atoms with van der Waals surface area (Å²) < 4.78 is 15.9. The number of aliphatic hydroxyl groups excluding tert-OH is 1. The minimum absolute atomic E-state index is 0.0103. The largest absolute Gasteiger partial charge is 0.496 e. The zero-order valence-corrected chi connectivity index (χ0v) is 12.7. The summed E-state index contributed by atoms with van der Waals surface area (Å²) in [7, 11) is 3.17. The van der Waals surface area contributed by atoms with E-state index in [0.29, 0.717) is 22.3 Å². The Morgan fingerprint density at radius 1 is 1.00 bits per heavy atom. The minimum Gasteiger partial charge on any atom is -0.496 e. The van der Waals surface area contributed by atoms with Gasteiger partial charge in [-0.05, 0) is 23.8 Å². The summed E-state index contributed by atoms with van der Waals surface area (Å²) in [5.74, 6) is 1.95. The van der Waals surface area contributed by atoms with Crippen LogP contribution in [-0.2, 0) is 0 Å². The van der Waals surface area contributed by atoms with Crippen LogP contribution in [-0.4, -0.2) is 32.5 Å². The third kappa shape index (κ3) is 3.60. The van der Waals surface area contributed by atoms with Crippen molar-refractivity contribution < 1.29 is 19.3 Å². The van der Waals surface area contributed by atoms with Crippen LogP contribution in [0.3, 0.4) is 0 Å². The van der Waals surface area contributed by atoms with Crippen molar-refractivity contribution in [1.82, 2.24) is 0 Å². The van der Waals surface area contributed by atoms with Crippen molar-refractivity contribution in [2.45, 2.75) is 0 Å². The lowest BCUT2D eigenvalue weighted by molar-refractivity contribution is 0.201. The fourth-order valence-corrected chi connectivity index (χ4v) is 2.22. The number of benzene rings is 2. The average molecular weight is 309 g/mol. The van der Waals surface area contributed by atoms with Crippen molar-refractivity contribution in [3.8, 4) is 28.4 Å². The Morgan fingerprint density at radius 3 is 2.24 bits per heavy atom. The van der Waals surface area contributed by atoms with Crippen molar-refractivity contribution in [2.24, 2.45) is 0 Å². The third-order valence-electron chi connectivity index (χ3n) is 3.00. The van der Waals surface area contributed by atoms with Gasteiger partial charge in [0.05, 0.1) is 25.8 Å². The molecule has 0 amide bonds. The van der Waals surface area contributed by atoms with E-state index in [1.54, 1.807) is 20.3 Å². The predicted octanol–water partition coefficient (Wildman–Crippen LogP) is 3.40. The van der Waals surface area contributed by atoms with Crippen LogP contribution in [0.4, 0.5) is 0 Å². The second-order valence-electron chi connectivity index (χ2n) is 4.28. The quantitative estimate of drug-likeness (QED) is 0.888. The molecule has 0 aromatic heterocycles. The maximum atomic E-state index is 8.74. The molecule has 5 heteroatoms. The second-order valence-corrected chi connectivity index (χ2v) is 4.69. The molecule has 1 N–H and O–H groups in total. The smallest absolute Gasteiger partial charge is 0.141 e. The second kappa shape index (κ2) is 7.20. The number of hydrogen-bond acceptors (Lipinski definition) is 4. The maximum absolute atomic E-state index is 8.74. The van der Waals surface area contributed by atoms with Gasteiger partial charge in [0, 0.05) is 11.6 Å². The van der Waals surface area contributed by atoms with Gasteiger partial charge in [-0.25, -0.2) is 0 Å². The van der Waals surface area contributed by atoms with E-state index >= 15 is 0 Å². The molecule has 21 heavy (non-hydrogen) atoms. The average Bonchev–Trinajstić information content (AvgIpc) is 2.53. The Morgan fingerprint density at radius 2 is 1.67 bits per heavy atom. The molecule has 2 aromatic carbocycles. The molecule has 0 heterocycles. The third-order valence-corrected chi connectivity index (χ3v) is 3.29. The highest BCUT2D eigenvalue weighted by atomic mass is 35.5. The highest BCUT2D eigenvalue weighted by Gasteiger charge is 2.11. The number of rotatable bonds is 6. The van der Waals surface area contributed by atoms with E-state index in [4.69, 9.17) is 30.9 Å². The first-order valence-electron chi connectivity index (χ1n) is 6.45. The molecule has 0 saturated carbocycles. The lowest BCUT2D eigenvalue weighted by Gasteiger charge is -2.13. The predicted molar refractivity (Wildman–Crippen MR) is 82.6 cm³/mol. The minimum atomic E-state index is -0.0103. The molecule has 0 fully saturated rings. The van der Waals surface area contributed by atoms with E-state index in [-0.39, 0.29) is 13.2 Å². The van der Waals surface area contributed by atoms with Crippen LogP contribution in [0.25, 0.3) is 11.1 Å². The van der Waals surface area contributed by atoms with Crippen LogP contribution < -0.4 is 14.2 Å². The summed E-state index contributed by atoms with van der Waals surface area (Å²) in [5.41, 5.74) is 1.82. The maximum Gasteiger partial charge on any atom is 0.141 e. The monoisotopic (exact) mass is 308 g/mol. The van der Waals surface area contributed by atoms with E-state index in [2.05, 4.69) is 0 Å². The zero-order valence-electron chi connectivity index (χ0n) is 11.9. The molecule has 2 aromatic rings. The van der Waals surface area contributed by atoms with Gasteiger partial charge in [0.25, 0.3) is 0 Å². The SMILES string of the molecule is COc1cc(OC)c(-c2ccc(OCCO)cc2)cc1Cl. The Bertz CT molecular complexity index is 596. The van der Waals surface area contributed by atoms with Crippen molar-refractivity contribution >= 4 is 11.6 Å². The summed E-state index contributed by atoms with van der Waals surface area (Å²) >= 11 is 6.18. The van der Waals surface area contributed by atoms with Crippen molar-refractivity contribution in [2.75, 3.05) is 27.4 Å². The zero-order chi connectivity index (χ0) is 15.2. The van der Waals surface area contributed by atoms with E-state index in [0.717, 1.165) is 11.1 Å². The van der Waals surface area contributed by atoms with Gasteiger partial charge in [0.15, 0.2) is 0 Å². The molecular formula is C16H17ClO4. The molecule has 0 aliphatic carbocycles. The lowest BCUT2D eigenvalue weighted by atomic mass is 10.0. The first-order chi connectivity index (χ1) is 10.2. The highest BCUT2D eigenvalue weighted by molar-refractivity contribution is 6.32. The molecule has 112 valence electrons. The molecule has 4 nitrogen and oxygen atoms in total. The highest BCUT2D eigenvalue weighted by Crippen LogP contribution is 2.38. The van der Waals surface area contributed by atoms with Crippen molar-refractivity contribution in [1.29, 1.82) is 0 Å². The van der Waals surface area contributed by atoms with Crippen molar-refractivity contribution in [3.63, 3.8) is 0 Å². The van der Waals surface area contributed by atoms with Crippen LogP contribution in [0.1, 0.15) is 0 Å². The number of hydrogen-bond donors (Lipinski definition) is 1. The molecule has 0 atom stereocenters. The molecule has 0 spiro atoms. The number of methoxy groups -OCH3 is 2. The molecule has 2 rings (SSSR count). The van der Waals surface area contributed by atoms with Gasteiger partial charge in [-0.3, -0.25) is 0 Å². The molecule has 0 radical (unpaired) electrons. The molecule has 0 saturated heterocycles. The van der Waals surface area contributed by atoms with Crippen LogP contribution in [0.2, 0.25) is 5.02 Å². The molecule has 0 unspecified atom stereocenters. The van der Waals surface area contributed by atoms with Gasteiger partial charge in [-0.2, -0.15) is 0 Å². The van der Waals surface area contributed by atoms with E-state index in [1.165, 1.54) is 0 Å². The molecule has 0 aliphatic rings.